The van der Waals surface area contributed by atoms with E-state index >= 15 is 0 Å². The zero-order chi connectivity index (χ0) is 24.4. The molecule has 6 N–H and O–H groups in total. The summed E-state index contributed by atoms with van der Waals surface area (Å²) in [6.07, 6.45) is 0.382. The van der Waals surface area contributed by atoms with Crippen molar-refractivity contribution in [2.75, 3.05) is 20.1 Å². The topological polar surface area (TPSA) is 162 Å². The van der Waals surface area contributed by atoms with Gasteiger partial charge in [-0.1, -0.05) is 42.5 Å². The van der Waals surface area contributed by atoms with Crippen molar-refractivity contribution in [1.29, 1.82) is 0 Å². The maximum atomic E-state index is 12.7. The molecule has 0 unspecified atom stereocenters. The van der Waals surface area contributed by atoms with Gasteiger partial charge in [-0.2, -0.15) is 0 Å². The molecule has 0 bridgehead atoms. The van der Waals surface area contributed by atoms with Gasteiger partial charge in [0.25, 0.3) is 0 Å². The van der Waals surface area contributed by atoms with Crippen LogP contribution in [0.4, 0.5) is 0 Å². The highest BCUT2D eigenvalue weighted by atomic mass is 16.4. The summed E-state index contributed by atoms with van der Waals surface area (Å²) in [5.41, 5.74) is 7.44. The van der Waals surface area contributed by atoms with Gasteiger partial charge < -0.3 is 31.5 Å². The molecule has 3 amide bonds. The molecular weight excluding hydrogens is 428 g/mol. The Bertz CT molecular complexity index is 965. The second-order valence-electron chi connectivity index (χ2n) is 7.52. The molecule has 0 aromatic heterocycles. The Labute approximate surface area is 191 Å². The lowest BCUT2D eigenvalue weighted by atomic mass is 10.0. The van der Waals surface area contributed by atoms with Gasteiger partial charge in [0.2, 0.25) is 17.7 Å². The third-order valence-electron chi connectivity index (χ3n) is 4.99. The Morgan fingerprint density at radius 3 is 2.06 bits per heavy atom. The minimum absolute atomic E-state index is 0.0999. The summed E-state index contributed by atoms with van der Waals surface area (Å²) in [4.78, 5) is 49.6. The van der Waals surface area contributed by atoms with Crippen molar-refractivity contribution in [3.63, 3.8) is 0 Å². The first-order chi connectivity index (χ1) is 15.7. The van der Waals surface area contributed by atoms with Crippen LogP contribution < -0.4 is 16.4 Å². The summed E-state index contributed by atoms with van der Waals surface area (Å²) < 4.78 is 0. The fraction of sp³-hybridized carbons (Fsp3) is 0.304. The van der Waals surface area contributed by atoms with E-state index in [-0.39, 0.29) is 25.1 Å². The molecule has 2 rings (SSSR count). The normalized spacial score (nSPS) is 12.3. The molecular formula is C23H28N4O6. The van der Waals surface area contributed by atoms with Crippen LogP contribution in [0.25, 0.3) is 0 Å². The minimum Gasteiger partial charge on any atom is -0.508 e. The van der Waals surface area contributed by atoms with Gasteiger partial charge in [-0.15, -0.1) is 0 Å². The van der Waals surface area contributed by atoms with E-state index in [0.717, 1.165) is 11.1 Å². The van der Waals surface area contributed by atoms with Crippen molar-refractivity contribution < 1.29 is 29.4 Å². The first kappa shape index (κ1) is 25.3. The van der Waals surface area contributed by atoms with Gasteiger partial charge in [0.15, 0.2) is 0 Å². The number of hydrogen-bond donors (Lipinski definition) is 5. The highest BCUT2D eigenvalue weighted by Gasteiger charge is 2.28. The molecule has 0 aliphatic carbocycles. The van der Waals surface area contributed by atoms with Crippen LogP contribution in [0.15, 0.2) is 54.6 Å². The van der Waals surface area contributed by atoms with Gasteiger partial charge in [-0.05, 0) is 29.7 Å². The number of nitrogens with one attached hydrogen (secondary N) is 2. The van der Waals surface area contributed by atoms with E-state index in [1.54, 1.807) is 36.4 Å². The van der Waals surface area contributed by atoms with Crippen LogP contribution in [0, 0.1) is 0 Å². The molecule has 0 saturated heterocycles. The fourth-order valence-electron chi connectivity index (χ4n) is 3.09. The third kappa shape index (κ3) is 8.26. The lowest BCUT2D eigenvalue weighted by molar-refractivity contribution is -0.141. The van der Waals surface area contributed by atoms with Gasteiger partial charge in [0.1, 0.15) is 18.3 Å². The number of aromatic hydroxyl groups is 1. The molecule has 0 saturated carbocycles. The van der Waals surface area contributed by atoms with E-state index in [1.807, 2.05) is 6.07 Å². The Kier molecular flexibility index (Phi) is 9.37. The van der Waals surface area contributed by atoms with Gasteiger partial charge in [0, 0.05) is 13.5 Å². The number of likely N-dealkylation sites (N-methyl/N-ethyl adjacent to an activating group) is 1. The standard InChI is InChI=1S/C23H28N4O6/c1-27(19(23(33)26-14-21(30)31)12-15-5-3-2-4-6-15)20(29)13-25-22(32)18(24)11-16-7-9-17(28)10-8-16/h2-10,18-19,28H,11-14,24H2,1H3,(H,25,32)(H,26,33)(H,30,31)/t18-,19-/m0/s1. The zero-order valence-corrected chi connectivity index (χ0v) is 18.2. The van der Waals surface area contributed by atoms with E-state index in [2.05, 4.69) is 10.6 Å². The molecule has 2 aromatic carbocycles. The highest BCUT2D eigenvalue weighted by molar-refractivity contribution is 5.92. The largest absolute Gasteiger partial charge is 0.508 e. The van der Waals surface area contributed by atoms with Gasteiger partial charge >= 0.3 is 5.97 Å². The predicted molar refractivity (Wildman–Crippen MR) is 120 cm³/mol. The summed E-state index contributed by atoms with van der Waals surface area (Å²) in [7, 11) is 1.42. The van der Waals surface area contributed by atoms with Crippen LogP contribution in [0.5, 0.6) is 5.75 Å². The molecule has 10 heteroatoms. The van der Waals surface area contributed by atoms with Crippen LogP contribution in [0.3, 0.4) is 0 Å². The van der Waals surface area contributed by atoms with Crippen molar-refractivity contribution in [2.45, 2.75) is 24.9 Å². The monoisotopic (exact) mass is 456 g/mol. The second kappa shape index (κ2) is 12.2. The number of nitrogens with zero attached hydrogens (tertiary/aromatic N) is 1. The Hall–Kier alpha value is -3.92. The molecule has 10 nitrogen and oxygen atoms in total. The van der Waals surface area contributed by atoms with E-state index in [1.165, 1.54) is 24.1 Å². The first-order valence-electron chi connectivity index (χ1n) is 10.3. The third-order valence-corrected chi connectivity index (χ3v) is 4.99. The van der Waals surface area contributed by atoms with Gasteiger partial charge in [-0.25, -0.2) is 0 Å². The van der Waals surface area contributed by atoms with Crippen molar-refractivity contribution in [3.05, 3.63) is 65.7 Å². The number of aliphatic carboxylic acids is 1. The van der Waals surface area contributed by atoms with E-state index in [4.69, 9.17) is 10.8 Å². The van der Waals surface area contributed by atoms with Gasteiger partial charge in [-0.3, -0.25) is 19.2 Å². The Morgan fingerprint density at radius 1 is 0.879 bits per heavy atom. The van der Waals surface area contributed by atoms with Crippen LogP contribution in [0.1, 0.15) is 11.1 Å². The van der Waals surface area contributed by atoms with Crippen LogP contribution in [-0.2, 0) is 32.0 Å². The number of rotatable bonds is 11. The van der Waals surface area contributed by atoms with Crippen LogP contribution >= 0.6 is 0 Å². The second-order valence-corrected chi connectivity index (χ2v) is 7.52. The number of carbonyl (C=O) groups excluding carboxylic acids is 3. The Morgan fingerprint density at radius 2 is 1.45 bits per heavy atom. The number of phenolic OH excluding ortho intramolecular Hbond substituents is 1. The molecule has 2 aromatic rings. The number of benzene rings is 2. The number of nitrogens with two attached hydrogens (primary N) is 1. The van der Waals surface area contributed by atoms with E-state index < -0.39 is 42.3 Å². The quantitative estimate of drug-likeness (QED) is 0.309. The molecule has 0 radical (unpaired) electrons. The highest BCUT2D eigenvalue weighted by Crippen LogP contribution is 2.11. The van der Waals surface area contributed by atoms with Crippen LogP contribution in [-0.4, -0.2) is 71.0 Å². The molecule has 0 fully saturated rings. The molecule has 0 aliphatic rings. The molecule has 176 valence electrons. The summed E-state index contributed by atoms with van der Waals surface area (Å²) in [5, 5.41) is 22.9. The number of phenols is 1. The number of carboxylic acid groups (broad SMARTS) is 1. The maximum absolute atomic E-state index is 12.7. The van der Waals surface area contributed by atoms with E-state index in [9.17, 15) is 24.3 Å². The molecule has 0 heterocycles. The summed E-state index contributed by atoms with van der Waals surface area (Å²) in [6.45, 7) is -0.953. The zero-order valence-electron chi connectivity index (χ0n) is 18.2. The first-order valence-corrected chi connectivity index (χ1v) is 10.3. The smallest absolute Gasteiger partial charge is 0.322 e. The van der Waals surface area contributed by atoms with Gasteiger partial charge in [0.05, 0.1) is 12.6 Å². The lowest BCUT2D eigenvalue weighted by Gasteiger charge is -2.27. The Balaban J connectivity index is 1.98. The SMILES string of the molecule is CN(C(=O)CNC(=O)[C@@H](N)Cc1ccc(O)cc1)[C@@H](Cc1ccccc1)C(=O)NCC(=O)O. The molecule has 0 aliphatic heterocycles. The minimum atomic E-state index is -1.20. The number of carbonyl (C=O) groups is 4. The summed E-state index contributed by atoms with van der Waals surface area (Å²) in [6, 6.07) is 13.4. The molecule has 2 atom stereocenters. The predicted octanol–water partition coefficient (Wildman–Crippen LogP) is -0.351. The lowest BCUT2D eigenvalue weighted by Crippen LogP contribution is -2.53. The maximum Gasteiger partial charge on any atom is 0.322 e. The van der Waals surface area contributed by atoms with Crippen molar-refractivity contribution in [1.82, 2.24) is 15.5 Å². The van der Waals surface area contributed by atoms with Crippen LogP contribution in [0.2, 0.25) is 0 Å². The number of hydrogen-bond acceptors (Lipinski definition) is 6. The summed E-state index contributed by atoms with van der Waals surface area (Å²) in [5.74, 6) is -2.80. The van der Waals surface area contributed by atoms with Crippen molar-refractivity contribution in [2.24, 2.45) is 5.73 Å². The average molecular weight is 456 g/mol. The number of amides is 3. The number of carboxylic acids is 1. The van der Waals surface area contributed by atoms with E-state index in [0.29, 0.717) is 0 Å². The average Bonchev–Trinajstić information content (AvgIpc) is 2.80. The van der Waals surface area contributed by atoms with Crippen molar-refractivity contribution >= 4 is 23.7 Å². The fourth-order valence-corrected chi connectivity index (χ4v) is 3.09. The molecule has 33 heavy (non-hydrogen) atoms. The van der Waals surface area contributed by atoms with Crippen molar-refractivity contribution in [3.8, 4) is 5.75 Å². The summed E-state index contributed by atoms with van der Waals surface area (Å²) >= 11 is 0. The molecule has 0 spiro atoms.